The van der Waals surface area contributed by atoms with Crippen molar-refractivity contribution in [3.63, 3.8) is 0 Å². The van der Waals surface area contributed by atoms with Crippen molar-refractivity contribution in [1.29, 1.82) is 0 Å². The highest BCUT2D eigenvalue weighted by Crippen LogP contribution is 2.78. The van der Waals surface area contributed by atoms with Crippen LogP contribution in [0.2, 0.25) is 0 Å². The summed E-state index contributed by atoms with van der Waals surface area (Å²) in [6.07, 6.45) is 11.3. The number of carboxylic acids is 1. The fourth-order valence-corrected chi connectivity index (χ4v) is 12.8. The van der Waals surface area contributed by atoms with Gasteiger partial charge < -0.3 is 15.6 Å². The number of amides is 1. The third kappa shape index (κ3) is 4.73. The Kier molecular flexibility index (Phi) is 7.82. The molecule has 0 saturated heterocycles. The number of hydrogen-bond acceptors (Lipinski definition) is 4. The van der Waals surface area contributed by atoms with E-state index in [0.717, 1.165) is 38.5 Å². The monoisotopic (exact) mass is 597 g/mol. The van der Waals surface area contributed by atoms with E-state index >= 15 is 0 Å². The number of hydrogen-bond donors (Lipinski definition) is 2. The Balaban J connectivity index is 1.42. The van der Waals surface area contributed by atoms with Gasteiger partial charge in [-0.15, -0.1) is 0 Å². The molecule has 43 heavy (non-hydrogen) atoms. The van der Waals surface area contributed by atoms with Crippen molar-refractivity contribution >= 4 is 17.8 Å². The van der Waals surface area contributed by atoms with Gasteiger partial charge in [-0.05, 0) is 136 Å². The number of allylic oxidation sites excluding steroid dienone is 1. The van der Waals surface area contributed by atoms with Crippen molar-refractivity contribution < 1.29 is 24.2 Å². The number of esters is 1. The summed E-state index contributed by atoms with van der Waals surface area (Å²) in [5.41, 5.74) is 6.45. The minimum Gasteiger partial charge on any atom is -0.481 e. The van der Waals surface area contributed by atoms with E-state index in [1.165, 1.54) is 31.3 Å². The third-order valence-electron chi connectivity index (χ3n) is 15.1. The van der Waals surface area contributed by atoms with Crippen LogP contribution in [0.25, 0.3) is 0 Å². The van der Waals surface area contributed by atoms with Gasteiger partial charge in [0, 0.05) is 11.8 Å². The summed E-state index contributed by atoms with van der Waals surface area (Å²) in [6, 6.07) is 0. The molecule has 0 bridgehead atoms. The molecule has 6 nitrogen and oxygen atoms in total. The molecule has 1 amide bonds. The molecule has 0 spiro atoms. The van der Waals surface area contributed by atoms with Crippen LogP contribution in [0, 0.1) is 62.1 Å². The van der Waals surface area contributed by atoms with Crippen LogP contribution in [-0.4, -0.2) is 29.1 Å². The average Bonchev–Trinajstić information content (AvgIpc) is 3.25. The minimum atomic E-state index is -1.14. The molecule has 0 heterocycles. The van der Waals surface area contributed by atoms with Crippen LogP contribution < -0.4 is 5.73 Å². The fraction of sp³-hybridized carbons (Fsp3) is 0.865. The zero-order valence-corrected chi connectivity index (χ0v) is 28.3. The van der Waals surface area contributed by atoms with Crippen LogP contribution in [0.15, 0.2) is 12.2 Å². The van der Waals surface area contributed by atoms with Crippen molar-refractivity contribution in [1.82, 2.24) is 0 Å². The summed E-state index contributed by atoms with van der Waals surface area (Å²) in [7, 11) is 0. The topological polar surface area (TPSA) is 107 Å². The molecule has 0 radical (unpaired) electrons. The predicted octanol–water partition coefficient (Wildman–Crippen LogP) is 7.93. The van der Waals surface area contributed by atoms with Gasteiger partial charge in [-0.1, -0.05) is 46.8 Å². The molecule has 0 aliphatic heterocycles. The van der Waals surface area contributed by atoms with Crippen molar-refractivity contribution in [3.05, 3.63) is 12.2 Å². The fourth-order valence-electron chi connectivity index (χ4n) is 12.8. The summed E-state index contributed by atoms with van der Waals surface area (Å²) in [5.74, 6) is 1.06. The molecule has 0 aromatic heterocycles. The van der Waals surface area contributed by atoms with Gasteiger partial charge in [0.2, 0.25) is 5.91 Å². The van der Waals surface area contributed by atoms with E-state index in [-0.39, 0.29) is 45.5 Å². The van der Waals surface area contributed by atoms with Gasteiger partial charge in [-0.3, -0.25) is 14.4 Å². The number of carbonyl (C=O) groups is 3. The standard InChI is InChI=1S/C37H59NO5/c1-22(2)23-12-17-37(20-28(38)39)19-18-35(8)24(30(23)37)10-11-26-34(7)15-14-27(43-29(40)21-32(3,4)31(41)42)33(5,6)25(34)13-16-36(26,35)9/h23-27,30H,1,10-21H2,2-9H3,(H2,38,39)(H,41,42)/t23-,24+,25-,26+,27-,30+,34-,35+,36+,37+/m0/s1. The Morgan fingerprint density at radius 1 is 0.884 bits per heavy atom. The van der Waals surface area contributed by atoms with Gasteiger partial charge in [0.15, 0.2) is 0 Å². The predicted molar refractivity (Wildman–Crippen MR) is 169 cm³/mol. The molecule has 5 rings (SSSR count). The second-order valence-corrected chi connectivity index (χ2v) is 17.9. The van der Waals surface area contributed by atoms with Crippen LogP contribution in [0.1, 0.15) is 132 Å². The Morgan fingerprint density at radius 2 is 1.56 bits per heavy atom. The van der Waals surface area contributed by atoms with Crippen LogP contribution in [0.5, 0.6) is 0 Å². The molecule has 5 aliphatic carbocycles. The van der Waals surface area contributed by atoms with Gasteiger partial charge >= 0.3 is 11.9 Å². The smallest absolute Gasteiger partial charge is 0.309 e. The molecule has 0 aromatic rings. The first-order valence-electron chi connectivity index (χ1n) is 17.1. The molecule has 5 fully saturated rings. The summed E-state index contributed by atoms with van der Waals surface area (Å²) < 4.78 is 6.13. The second kappa shape index (κ2) is 10.3. The Labute approximate surface area is 260 Å². The van der Waals surface area contributed by atoms with Gasteiger partial charge in [0.25, 0.3) is 0 Å². The van der Waals surface area contributed by atoms with Crippen LogP contribution in [0.4, 0.5) is 0 Å². The van der Waals surface area contributed by atoms with Crippen molar-refractivity contribution in [2.75, 3.05) is 0 Å². The average molecular weight is 598 g/mol. The lowest BCUT2D eigenvalue weighted by molar-refractivity contribution is -0.250. The van der Waals surface area contributed by atoms with Crippen LogP contribution in [0.3, 0.4) is 0 Å². The zero-order chi connectivity index (χ0) is 32.0. The normalized spacial score (nSPS) is 45.1. The van der Waals surface area contributed by atoms with E-state index in [4.69, 9.17) is 10.5 Å². The van der Waals surface area contributed by atoms with Crippen molar-refractivity contribution in [3.8, 4) is 0 Å². The first-order chi connectivity index (χ1) is 19.7. The lowest BCUT2D eigenvalue weighted by Crippen LogP contribution is -2.67. The van der Waals surface area contributed by atoms with E-state index in [0.29, 0.717) is 36.0 Å². The number of aliphatic carboxylic acids is 1. The van der Waals surface area contributed by atoms with E-state index in [1.54, 1.807) is 13.8 Å². The molecule has 6 heteroatoms. The molecule has 242 valence electrons. The first-order valence-corrected chi connectivity index (χ1v) is 17.1. The van der Waals surface area contributed by atoms with Gasteiger partial charge in [0.05, 0.1) is 11.8 Å². The largest absolute Gasteiger partial charge is 0.481 e. The zero-order valence-electron chi connectivity index (χ0n) is 28.3. The molecule has 10 atom stereocenters. The van der Waals surface area contributed by atoms with E-state index in [2.05, 4.69) is 48.1 Å². The second-order valence-electron chi connectivity index (χ2n) is 17.9. The summed E-state index contributed by atoms with van der Waals surface area (Å²) >= 11 is 0. The SMILES string of the molecule is C=C(C)[C@@H]1CC[C@]2(CC(N)=O)CC[C@]3(C)[C@H](CC[C@@H]4[C@@]5(C)CC[C@H](OC(=O)CC(C)(C)C(=O)O)C(C)(C)[C@@H]5CC[C@]43C)[C@@H]12. The maximum absolute atomic E-state index is 13.0. The van der Waals surface area contributed by atoms with E-state index in [9.17, 15) is 19.5 Å². The van der Waals surface area contributed by atoms with Gasteiger partial charge in [-0.2, -0.15) is 0 Å². The van der Waals surface area contributed by atoms with Gasteiger partial charge in [-0.25, -0.2) is 0 Å². The number of fused-ring (bicyclic) bond motifs is 7. The Hall–Kier alpha value is -1.85. The lowest BCUT2D eigenvalue weighted by Gasteiger charge is -2.73. The highest BCUT2D eigenvalue weighted by Gasteiger charge is 2.71. The third-order valence-corrected chi connectivity index (χ3v) is 15.1. The maximum atomic E-state index is 13.0. The molecule has 3 N–H and O–H groups in total. The lowest BCUT2D eigenvalue weighted by atomic mass is 9.32. The molecule has 5 aliphatic rings. The molecule has 0 aromatic carbocycles. The number of primary amides is 1. The van der Waals surface area contributed by atoms with Gasteiger partial charge in [0.1, 0.15) is 6.10 Å². The van der Waals surface area contributed by atoms with Crippen molar-refractivity contribution in [2.45, 2.75) is 139 Å². The Morgan fingerprint density at radius 3 is 2.16 bits per heavy atom. The number of nitrogens with two attached hydrogens (primary N) is 1. The molecule has 0 unspecified atom stereocenters. The summed E-state index contributed by atoms with van der Waals surface area (Å²) in [4.78, 5) is 37.0. The molecular weight excluding hydrogens is 538 g/mol. The highest BCUT2D eigenvalue weighted by molar-refractivity contribution is 5.81. The maximum Gasteiger partial charge on any atom is 0.309 e. The quantitative estimate of drug-likeness (QED) is 0.229. The first kappa shape index (κ1) is 32.5. The molecular formula is C37H59NO5. The highest BCUT2D eigenvalue weighted by atomic mass is 16.5. The number of rotatable bonds is 7. The van der Waals surface area contributed by atoms with Crippen LogP contribution in [-0.2, 0) is 19.1 Å². The summed E-state index contributed by atoms with van der Waals surface area (Å²) in [5, 5.41) is 9.54. The Bertz CT molecular complexity index is 1190. The van der Waals surface area contributed by atoms with E-state index < -0.39 is 17.4 Å². The van der Waals surface area contributed by atoms with Crippen LogP contribution >= 0.6 is 0 Å². The summed E-state index contributed by atoms with van der Waals surface area (Å²) in [6.45, 7) is 22.2. The molecule has 5 saturated carbocycles. The van der Waals surface area contributed by atoms with Crippen molar-refractivity contribution in [2.24, 2.45) is 67.8 Å². The number of ether oxygens (including phenoxy) is 1. The van der Waals surface area contributed by atoms with E-state index in [1.807, 2.05) is 0 Å². The minimum absolute atomic E-state index is 0.0308. The number of carbonyl (C=O) groups excluding carboxylic acids is 2. The number of carboxylic acid groups (broad SMARTS) is 1.